The Balaban J connectivity index is 2.47. The summed E-state index contributed by atoms with van der Waals surface area (Å²) in [7, 11) is 0. The van der Waals surface area contributed by atoms with E-state index in [0.29, 0.717) is 27.7 Å². The van der Waals surface area contributed by atoms with Crippen LogP contribution in [0.15, 0.2) is 36.4 Å². The number of halogens is 2. The number of fused-ring (bicyclic) bond motifs is 1. The molecule has 0 amide bonds. The Kier molecular flexibility index (Phi) is 3.56. The predicted molar refractivity (Wildman–Crippen MR) is 83.5 cm³/mol. The van der Waals surface area contributed by atoms with E-state index in [0.717, 1.165) is 0 Å². The number of aromatic nitrogens is 1. The van der Waals surface area contributed by atoms with Crippen LogP contribution in [0.5, 0.6) is 0 Å². The Bertz CT molecular complexity index is 931. The standard InChI is InChI=1S/C18H13F2NO2/c1-9-6-11(18(22)23)8-13-12(7-10(2)21-17(9)13)16-14(19)4-3-5-15(16)20/h3-8H,1-2H3,(H,22,23). The van der Waals surface area contributed by atoms with E-state index in [1.165, 1.54) is 30.3 Å². The van der Waals surface area contributed by atoms with Crippen LogP contribution in [0.4, 0.5) is 8.78 Å². The molecule has 0 radical (unpaired) electrons. The van der Waals surface area contributed by atoms with Crippen LogP contribution in [0.2, 0.25) is 0 Å². The molecule has 0 unspecified atom stereocenters. The van der Waals surface area contributed by atoms with Gasteiger partial charge in [-0.3, -0.25) is 4.98 Å². The summed E-state index contributed by atoms with van der Waals surface area (Å²) in [6, 6.07) is 8.10. The highest BCUT2D eigenvalue weighted by Crippen LogP contribution is 2.34. The number of carboxylic acid groups (broad SMARTS) is 1. The molecule has 116 valence electrons. The molecule has 3 aromatic rings. The highest BCUT2D eigenvalue weighted by molar-refractivity contribution is 6.01. The molecule has 5 heteroatoms. The van der Waals surface area contributed by atoms with Crippen LogP contribution in [-0.2, 0) is 0 Å². The SMILES string of the molecule is Cc1cc(-c2c(F)cccc2F)c2cc(C(=O)O)cc(C)c2n1. The highest BCUT2D eigenvalue weighted by Gasteiger charge is 2.17. The Labute approximate surface area is 131 Å². The van der Waals surface area contributed by atoms with E-state index in [1.54, 1.807) is 19.9 Å². The minimum atomic E-state index is -1.10. The topological polar surface area (TPSA) is 50.2 Å². The molecule has 2 aromatic carbocycles. The molecule has 0 fully saturated rings. The summed E-state index contributed by atoms with van der Waals surface area (Å²) in [6.45, 7) is 3.45. The Morgan fingerprint density at radius 1 is 1.09 bits per heavy atom. The van der Waals surface area contributed by atoms with Gasteiger partial charge in [0.05, 0.1) is 16.6 Å². The molecule has 0 spiro atoms. The van der Waals surface area contributed by atoms with Crippen LogP contribution in [-0.4, -0.2) is 16.1 Å². The lowest BCUT2D eigenvalue weighted by atomic mass is 9.96. The number of carbonyl (C=O) groups is 1. The van der Waals surface area contributed by atoms with Crippen molar-refractivity contribution in [3.05, 3.63) is 64.9 Å². The number of aryl methyl sites for hydroxylation is 2. The molecule has 23 heavy (non-hydrogen) atoms. The van der Waals surface area contributed by atoms with Crippen molar-refractivity contribution >= 4 is 16.9 Å². The van der Waals surface area contributed by atoms with Crippen molar-refractivity contribution in [2.45, 2.75) is 13.8 Å². The predicted octanol–water partition coefficient (Wildman–Crippen LogP) is 4.50. The molecule has 1 aromatic heterocycles. The zero-order valence-electron chi connectivity index (χ0n) is 12.5. The number of benzene rings is 2. The summed E-state index contributed by atoms with van der Waals surface area (Å²) in [5.74, 6) is -2.50. The zero-order valence-corrected chi connectivity index (χ0v) is 12.5. The fourth-order valence-electron chi connectivity index (χ4n) is 2.71. The molecular weight excluding hydrogens is 300 g/mol. The van der Waals surface area contributed by atoms with Crippen molar-refractivity contribution < 1.29 is 18.7 Å². The second-order valence-electron chi connectivity index (χ2n) is 5.40. The minimum absolute atomic E-state index is 0.0543. The minimum Gasteiger partial charge on any atom is -0.478 e. The van der Waals surface area contributed by atoms with E-state index >= 15 is 0 Å². The Morgan fingerprint density at radius 2 is 1.74 bits per heavy atom. The van der Waals surface area contributed by atoms with Crippen molar-refractivity contribution in [2.75, 3.05) is 0 Å². The average molecular weight is 313 g/mol. The van der Waals surface area contributed by atoms with Crippen LogP contribution in [0, 0.1) is 25.5 Å². The number of rotatable bonds is 2. The number of nitrogens with zero attached hydrogens (tertiary/aromatic N) is 1. The molecule has 3 rings (SSSR count). The van der Waals surface area contributed by atoms with E-state index in [1.807, 2.05) is 0 Å². The molecule has 0 aliphatic rings. The summed E-state index contributed by atoms with van der Waals surface area (Å²) < 4.78 is 28.4. The summed E-state index contributed by atoms with van der Waals surface area (Å²) >= 11 is 0. The number of pyridine rings is 1. The molecule has 3 nitrogen and oxygen atoms in total. The third-order valence-electron chi connectivity index (χ3n) is 3.71. The molecule has 0 atom stereocenters. The van der Waals surface area contributed by atoms with Crippen molar-refractivity contribution in [1.29, 1.82) is 0 Å². The summed E-state index contributed by atoms with van der Waals surface area (Å²) in [5.41, 5.74) is 1.95. The fraction of sp³-hybridized carbons (Fsp3) is 0.111. The van der Waals surface area contributed by atoms with Crippen LogP contribution < -0.4 is 0 Å². The maximum atomic E-state index is 14.2. The molecule has 0 bridgehead atoms. The van der Waals surface area contributed by atoms with Crippen molar-refractivity contribution in [3.8, 4) is 11.1 Å². The third kappa shape index (κ3) is 2.54. The number of carboxylic acids is 1. The Hall–Kier alpha value is -2.82. The van der Waals surface area contributed by atoms with Gasteiger partial charge in [0.25, 0.3) is 0 Å². The van der Waals surface area contributed by atoms with E-state index in [-0.39, 0.29) is 11.1 Å². The zero-order chi connectivity index (χ0) is 16.7. The monoisotopic (exact) mass is 313 g/mol. The maximum Gasteiger partial charge on any atom is 0.335 e. The normalized spacial score (nSPS) is 11.0. The number of hydrogen-bond donors (Lipinski definition) is 1. The van der Waals surface area contributed by atoms with Crippen LogP contribution in [0.3, 0.4) is 0 Å². The van der Waals surface area contributed by atoms with Gasteiger partial charge in [-0.2, -0.15) is 0 Å². The van der Waals surface area contributed by atoms with E-state index < -0.39 is 17.6 Å². The van der Waals surface area contributed by atoms with Gasteiger partial charge in [0.2, 0.25) is 0 Å². The van der Waals surface area contributed by atoms with Gasteiger partial charge in [-0.15, -0.1) is 0 Å². The molecule has 1 heterocycles. The lowest BCUT2D eigenvalue weighted by Gasteiger charge is -2.12. The fourth-order valence-corrected chi connectivity index (χ4v) is 2.71. The van der Waals surface area contributed by atoms with Gasteiger partial charge < -0.3 is 5.11 Å². The smallest absolute Gasteiger partial charge is 0.335 e. The van der Waals surface area contributed by atoms with Gasteiger partial charge in [0, 0.05) is 11.1 Å². The van der Waals surface area contributed by atoms with E-state index in [9.17, 15) is 18.7 Å². The largest absolute Gasteiger partial charge is 0.478 e. The van der Waals surface area contributed by atoms with Crippen molar-refractivity contribution in [1.82, 2.24) is 4.98 Å². The number of hydrogen-bond acceptors (Lipinski definition) is 2. The van der Waals surface area contributed by atoms with Crippen LogP contribution >= 0.6 is 0 Å². The summed E-state index contributed by atoms with van der Waals surface area (Å²) in [6.07, 6.45) is 0. The van der Waals surface area contributed by atoms with Crippen molar-refractivity contribution in [2.24, 2.45) is 0 Å². The average Bonchev–Trinajstić information content (AvgIpc) is 2.47. The van der Waals surface area contributed by atoms with Crippen molar-refractivity contribution in [3.63, 3.8) is 0 Å². The quantitative estimate of drug-likeness (QED) is 0.758. The van der Waals surface area contributed by atoms with Gasteiger partial charge in [-0.25, -0.2) is 13.6 Å². The van der Waals surface area contributed by atoms with E-state index in [2.05, 4.69) is 4.98 Å². The first-order chi connectivity index (χ1) is 10.9. The molecule has 0 saturated carbocycles. The first-order valence-corrected chi connectivity index (χ1v) is 6.98. The highest BCUT2D eigenvalue weighted by atomic mass is 19.1. The first kappa shape index (κ1) is 15.1. The molecule has 1 N–H and O–H groups in total. The first-order valence-electron chi connectivity index (χ1n) is 6.98. The lowest BCUT2D eigenvalue weighted by molar-refractivity contribution is 0.0697. The van der Waals surface area contributed by atoms with Crippen LogP contribution in [0.25, 0.3) is 22.0 Å². The second kappa shape index (κ2) is 5.43. The number of aromatic carboxylic acids is 1. The van der Waals surface area contributed by atoms with Gasteiger partial charge in [-0.05, 0) is 55.3 Å². The maximum absolute atomic E-state index is 14.2. The molecule has 0 aliphatic heterocycles. The van der Waals surface area contributed by atoms with Gasteiger partial charge >= 0.3 is 5.97 Å². The second-order valence-corrected chi connectivity index (χ2v) is 5.40. The molecule has 0 aliphatic carbocycles. The molecular formula is C18H13F2NO2. The lowest BCUT2D eigenvalue weighted by Crippen LogP contribution is -2.00. The van der Waals surface area contributed by atoms with Gasteiger partial charge in [-0.1, -0.05) is 6.07 Å². The van der Waals surface area contributed by atoms with Crippen LogP contribution in [0.1, 0.15) is 21.6 Å². The van der Waals surface area contributed by atoms with Gasteiger partial charge in [0.1, 0.15) is 11.6 Å². The summed E-state index contributed by atoms with van der Waals surface area (Å²) in [5, 5.41) is 9.64. The third-order valence-corrected chi connectivity index (χ3v) is 3.71. The molecule has 0 saturated heterocycles. The van der Waals surface area contributed by atoms with Gasteiger partial charge in [0.15, 0.2) is 0 Å². The van der Waals surface area contributed by atoms with E-state index in [4.69, 9.17) is 0 Å². The Morgan fingerprint density at radius 3 is 2.35 bits per heavy atom. The summed E-state index contributed by atoms with van der Waals surface area (Å²) in [4.78, 5) is 15.7.